The van der Waals surface area contributed by atoms with Gasteiger partial charge in [-0.15, -0.1) is 0 Å². The summed E-state index contributed by atoms with van der Waals surface area (Å²) in [6.07, 6.45) is 1.31. The summed E-state index contributed by atoms with van der Waals surface area (Å²) in [5.41, 5.74) is 1.51. The standard InChI is InChI=1S/C14H15NO2/c1-3-17-10(2)14(16)12-6-4-8-13-11(12)7-5-9-15-13/h4-10H,3H2,1-2H3. The number of benzene rings is 1. The molecule has 1 unspecified atom stereocenters. The van der Waals surface area contributed by atoms with Crippen LogP contribution in [0.2, 0.25) is 0 Å². The highest BCUT2D eigenvalue weighted by Gasteiger charge is 2.17. The van der Waals surface area contributed by atoms with E-state index in [2.05, 4.69) is 4.98 Å². The topological polar surface area (TPSA) is 39.2 Å². The van der Waals surface area contributed by atoms with Crippen molar-refractivity contribution in [3.63, 3.8) is 0 Å². The summed E-state index contributed by atoms with van der Waals surface area (Å²) in [6, 6.07) is 9.32. The van der Waals surface area contributed by atoms with Gasteiger partial charge in [0.05, 0.1) is 5.52 Å². The van der Waals surface area contributed by atoms with Gasteiger partial charge in [-0.25, -0.2) is 0 Å². The number of nitrogens with zero attached hydrogens (tertiary/aromatic N) is 1. The fourth-order valence-electron chi connectivity index (χ4n) is 1.86. The third kappa shape index (κ3) is 2.34. The highest BCUT2D eigenvalue weighted by atomic mass is 16.5. The summed E-state index contributed by atoms with van der Waals surface area (Å²) < 4.78 is 5.34. The first-order valence-electron chi connectivity index (χ1n) is 5.73. The van der Waals surface area contributed by atoms with Crippen LogP contribution in [0.3, 0.4) is 0 Å². The number of hydrogen-bond acceptors (Lipinski definition) is 3. The van der Waals surface area contributed by atoms with Gasteiger partial charge in [0.2, 0.25) is 0 Å². The summed E-state index contributed by atoms with van der Waals surface area (Å²) in [4.78, 5) is 16.4. The first kappa shape index (κ1) is 11.7. The zero-order chi connectivity index (χ0) is 12.3. The monoisotopic (exact) mass is 229 g/mol. The minimum absolute atomic E-state index is 0.00505. The molecule has 0 saturated carbocycles. The van der Waals surface area contributed by atoms with Crippen LogP contribution in [0.1, 0.15) is 24.2 Å². The first-order chi connectivity index (χ1) is 8.24. The molecule has 0 radical (unpaired) electrons. The summed E-state index contributed by atoms with van der Waals surface area (Å²) in [5.74, 6) is 0.00505. The molecule has 0 saturated heterocycles. The Labute approximate surface area is 100 Å². The molecule has 88 valence electrons. The van der Waals surface area contributed by atoms with Crippen LogP contribution in [0.4, 0.5) is 0 Å². The quantitative estimate of drug-likeness (QED) is 0.757. The van der Waals surface area contributed by atoms with Crippen molar-refractivity contribution in [2.75, 3.05) is 6.61 Å². The van der Waals surface area contributed by atoms with Crippen molar-refractivity contribution < 1.29 is 9.53 Å². The van der Waals surface area contributed by atoms with Gasteiger partial charge in [0.25, 0.3) is 0 Å². The number of Topliss-reactive ketones (excluding diaryl/α,β-unsaturated/α-hetero) is 1. The number of aromatic nitrogens is 1. The van der Waals surface area contributed by atoms with Crippen molar-refractivity contribution in [3.05, 3.63) is 42.1 Å². The van der Waals surface area contributed by atoms with Crippen LogP contribution < -0.4 is 0 Å². The Morgan fingerprint density at radius 3 is 2.94 bits per heavy atom. The van der Waals surface area contributed by atoms with Crippen molar-refractivity contribution in [1.29, 1.82) is 0 Å². The van der Waals surface area contributed by atoms with Gasteiger partial charge >= 0.3 is 0 Å². The van der Waals surface area contributed by atoms with Crippen molar-refractivity contribution in [1.82, 2.24) is 4.98 Å². The van der Waals surface area contributed by atoms with Crippen molar-refractivity contribution >= 4 is 16.7 Å². The van der Waals surface area contributed by atoms with E-state index >= 15 is 0 Å². The van der Waals surface area contributed by atoms with Gasteiger partial charge in [0, 0.05) is 23.8 Å². The SMILES string of the molecule is CCOC(C)C(=O)c1cccc2ncccc12. The van der Waals surface area contributed by atoms with Crippen LogP contribution in [-0.2, 0) is 4.74 Å². The van der Waals surface area contributed by atoms with E-state index in [0.717, 1.165) is 10.9 Å². The number of pyridine rings is 1. The van der Waals surface area contributed by atoms with Crippen LogP contribution in [-0.4, -0.2) is 23.5 Å². The van der Waals surface area contributed by atoms with Gasteiger partial charge in [0.15, 0.2) is 5.78 Å². The molecule has 0 spiro atoms. The van der Waals surface area contributed by atoms with Gasteiger partial charge in [-0.3, -0.25) is 9.78 Å². The minimum atomic E-state index is -0.411. The Morgan fingerprint density at radius 1 is 1.35 bits per heavy atom. The zero-order valence-electron chi connectivity index (χ0n) is 10.0. The first-order valence-corrected chi connectivity index (χ1v) is 5.73. The Hall–Kier alpha value is -1.74. The summed E-state index contributed by atoms with van der Waals surface area (Å²) in [7, 11) is 0. The van der Waals surface area contributed by atoms with Gasteiger partial charge in [0.1, 0.15) is 6.10 Å². The van der Waals surface area contributed by atoms with Crippen LogP contribution >= 0.6 is 0 Å². The van der Waals surface area contributed by atoms with E-state index in [0.29, 0.717) is 12.2 Å². The number of ether oxygens (including phenoxy) is 1. The number of carbonyl (C=O) groups excluding carboxylic acids is 1. The molecular formula is C14H15NO2. The molecule has 0 N–H and O–H groups in total. The van der Waals surface area contributed by atoms with Gasteiger partial charge in [-0.05, 0) is 26.0 Å². The summed E-state index contributed by atoms with van der Waals surface area (Å²) in [6.45, 7) is 4.20. The van der Waals surface area contributed by atoms with Gasteiger partial charge < -0.3 is 4.74 Å². The zero-order valence-corrected chi connectivity index (χ0v) is 10.0. The lowest BCUT2D eigenvalue weighted by Gasteiger charge is -2.11. The second kappa shape index (κ2) is 5.06. The molecule has 0 aliphatic heterocycles. The maximum absolute atomic E-state index is 12.2. The van der Waals surface area contributed by atoms with Gasteiger partial charge in [-0.1, -0.05) is 18.2 Å². The normalized spacial score (nSPS) is 12.6. The number of fused-ring (bicyclic) bond motifs is 1. The maximum atomic E-state index is 12.2. The molecular weight excluding hydrogens is 214 g/mol. The Balaban J connectivity index is 2.45. The Morgan fingerprint density at radius 2 is 2.18 bits per heavy atom. The van der Waals surface area contributed by atoms with Crippen molar-refractivity contribution in [3.8, 4) is 0 Å². The minimum Gasteiger partial charge on any atom is -0.371 e. The predicted molar refractivity (Wildman–Crippen MR) is 67.2 cm³/mol. The van der Waals surface area contributed by atoms with E-state index in [-0.39, 0.29) is 5.78 Å². The van der Waals surface area contributed by atoms with E-state index < -0.39 is 6.10 Å². The summed E-state index contributed by atoms with van der Waals surface area (Å²) in [5, 5.41) is 0.881. The largest absolute Gasteiger partial charge is 0.371 e. The van der Waals surface area contributed by atoms with Crippen LogP contribution in [0.25, 0.3) is 10.9 Å². The molecule has 0 aliphatic carbocycles. The fraction of sp³-hybridized carbons (Fsp3) is 0.286. The Kier molecular flexibility index (Phi) is 3.49. The lowest BCUT2D eigenvalue weighted by Crippen LogP contribution is -2.21. The van der Waals surface area contributed by atoms with Crippen LogP contribution in [0, 0.1) is 0 Å². The Bertz CT molecular complexity index is 531. The molecule has 17 heavy (non-hydrogen) atoms. The molecule has 2 rings (SSSR count). The molecule has 3 heteroatoms. The smallest absolute Gasteiger partial charge is 0.191 e. The maximum Gasteiger partial charge on any atom is 0.191 e. The highest BCUT2D eigenvalue weighted by molar-refractivity contribution is 6.09. The van der Waals surface area contributed by atoms with Crippen molar-refractivity contribution in [2.45, 2.75) is 20.0 Å². The molecule has 0 aliphatic rings. The molecule has 1 aromatic heterocycles. The van der Waals surface area contributed by atoms with E-state index in [9.17, 15) is 4.79 Å². The molecule has 1 atom stereocenters. The van der Waals surface area contributed by atoms with E-state index in [4.69, 9.17) is 4.74 Å². The second-order valence-corrected chi connectivity index (χ2v) is 3.84. The lowest BCUT2D eigenvalue weighted by atomic mass is 10.0. The fourth-order valence-corrected chi connectivity index (χ4v) is 1.86. The highest BCUT2D eigenvalue weighted by Crippen LogP contribution is 2.18. The third-order valence-corrected chi connectivity index (χ3v) is 2.70. The van der Waals surface area contributed by atoms with Crippen LogP contribution in [0.5, 0.6) is 0 Å². The van der Waals surface area contributed by atoms with E-state index in [1.54, 1.807) is 13.1 Å². The van der Waals surface area contributed by atoms with Crippen molar-refractivity contribution in [2.24, 2.45) is 0 Å². The average Bonchev–Trinajstić information content (AvgIpc) is 2.37. The molecule has 2 aromatic rings. The molecule has 0 bridgehead atoms. The number of rotatable bonds is 4. The predicted octanol–water partition coefficient (Wildman–Crippen LogP) is 2.84. The third-order valence-electron chi connectivity index (χ3n) is 2.70. The molecule has 1 aromatic carbocycles. The number of hydrogen-bond donors (Lipinski definition) is 0. The van der Waals surface area contributed by atoms with Crippen LogP contribution in [0.15, 0.2) is 36.5 Å². The molecule has 0 fully saturated rings. The summed E-state index contributed by atoms with van der Waals surface area (Å²) >= 11 is 0. The molecule has 3 nitrogen and oxygen atoms in total. The van der Waals surface area contributed by atoms with E-state index in [1.165, 1.54) is 0 Å². The average molecular weight is 229 g/mol. The number of ketones is 1. The van der Waals surface area contributed by atoms with Gasteiger partial charge in [-0.2, -0.15) is 0 Å². The van der Waals surface area contributed by atoms with E-state index in [1.807, 2.05) is 37.3 Å². The molecule has 0 amide bonds. The molecule has 1 heterocycles. The lowest BCUT2D eigenvalue weighted by molar-refractivity contribution is 0.0522. The second-order valence-electron chi connectivity index (χ2n) is 3.84. The number of carbonyl (C=O) groups is 1.